The molecule has 0 bridgehead atoms. The van der Waals surface area contributed by atoms with Gasteiger partial charge in [-0.15, -0.1) is 0 Å². The minimum Gasteiger partial charge on any atom is -0.310 e. The maximum absolute atomic E-state index is 3.56. The molecule has 1 atom stereocenters. The lowest BCUT2D eigenvalue weighted by Gasteiger charge is -2.34. The number of nitrogens with one attached hydrogen (secondary N) is 1. The summed E-state index contributed by atoms with van der Waals surface area (Å²) in [6, 6.07) is 0.662. The first-order valence-electron chi connectivity index (χ1n) is 5.33. The van der Waals surface area contributed by atoms with Crippen LogP contribution in [0.4, 0.5) is 0 Å². The van der Waals surface area contributed by atoms with Crippen molar-refractivity contribution in [2.24, 2.45) is 0 Å². The van der Waals surface area contributed by atoms with Crippen molar-refractivity contribution in [3.63, 3.8) is 0 Å². The third-order valence-corrected chi connectivity index (χ3v) is 2.46. The zero-order valence-corrected chi connectivity index (χ0v) is 9.21. The molecular weight excluding hydrogens is 162 g/mol. The van der Waals surface area contributed by atoms with E-state index in [1.165, 1.54) is 26.1 Å². The minimum atomic E-state index is 0.662. The molecule has 0 aliphatic carbocycles. The van der Waals surface area contributed by atoms with Crippen LogP contribution >= 0.6 is 0 Å². The highest BCUT2D eigenvalue weighted by molar-refractivity contribution is 4.79. The number of rotatable bonds is 4. The fourth-order valence-electron chi connectivity index (χ4n) is 1.98. The van der Waals surface area contributed by atoms with Gasteiger partial charge in [0.2, 0.25) is 0 Å². The summed E-state index contributed by atoms with van der Waals surface area (Å²) >= 11 is 0. The Bertz CT molecular complexity index is 134. The Hall–Kier alpha value is -0.120. The predicted molar refractivity (Wildman–Crippen MR) is 57.1 cm³/mol. The molecule has 0 aromatic heterocycles. The lowest BCUT2D eigenvalue weighted by atomic mass is 10.2. The Kier molecular flexibility index (Phi) is 4.70. The number of hydrogen-bond donors (Lipinski definition) is 1. The van der Waals surface area contributed by atoms with Crippen molar-refractivity contribution in [3.05, 3.63) is 0 Å². The van der Waals surface area contributed by atoms with E-state index in [0.717, 1.165) is 13.1 Å². The first-order valence-corrected chi connectivity index (χ1v) is 5.33. The molecule has 13 heavy (non-hydrogen) atoms. The second-order valence-electron chi connectivity index (χ2n) is 4.21. The van der Waals surface area contributed by atoms with E-state index in [9.17, 15) is 0 Å². The highest BCUT2D eigenvalue weighted by Gasteiger charge is 2.18. The smallest absolute Gasteiger partial charge is 0.0322 e. The van der Waals surface area contributed by atoms with E-state index in [4.69, 9.17) is 0 Å². The van der Waals surface area contributed by atoms with Crippen molar-refractivity contribution >= 4 is 0 Å². The first-order chi connectivity index (χ1) is 6.22. The molecule has 1 N–H and O–H groups in total. The molecule has 1 fully saturated rings. The van der Waals surface area contributed by atoms with Gasteiger partial charge < -0.3 is 15.1 Å². The van der Waals surface area contributed by atoms with E-state index in [1.807, 2.05) is 0 Å². The molecule has 1 unspecified atom stereocenters. The van der Waals surface area contributed by atoms with Gasteiger partial charge in [0.25, 0.3) is 0 Å². The fourth-order valence-corrected chi connectivity index (χ4v) is 1.98. The van der Waals surface area contributed by atoms with Crippen molar-refractivity contribution in [3.8, 4) is 0 Å². The Labute approximate surface area is 82.1 Å². The quantitative estimate of drug-likeness (QED) is 0.676. The van der Waals surface area contributed by atoms with Gasteiger partial charge in [-0.1, -0.05) is 6.92 Å². The molecule has 1 rings (SSSR count). The summed E-state index contributed by atoms with van der Waals surface area (Å²) in [7, 11) is 4.28. The van der Waals surface area contributed by atoms with Crippen LogP contribution < -0.4 is 5.32 Å². The summed E-state index contributed by atoms with van der Waals surface area (Å²) in [5, 5.41) is 3.56. The second-order valence-corrected chi connectivity index (χ2v) is 4.21. The van der Waals surface area contributed by atoms with Crippen LogP contribution in [0.1, 0.15) is 13.3 Å². The van der Waals surface area contributed by atoms with E-state index < -0.39 is 0 Å². The zero-order chi connectivity index (χ0) is 9.68. The van der Waals surface area contributed by atoms with Gasteiger partial charge in [0.15, 0.2) is 0 Å². The molecule has 0 spiro atoms. The Morgan fingerprint density at radius 1 is 1.46 bits per heavy atom. The van der Waals surface area contributed by atoms with Crippen molar-refractivity contribution in [2.45, 2.75) is 19.4 Å². The number of nitrogens with zero attached hydrogens (tertiary/aromatic N) is 2. The second kappa shape index (κ2) is 5.58. The molecule has 1 aliphatic heterocycles. The number of piperazine rings is 1. The van der Waals surface area contributed by atoms with Gasteiger partial charge in [-0.05, 0) is 27.1 Å². The average Bonchev–Trinajstić information content (AvgIpc) is 2.04. The number of likely N-dealkylation sites (N-methyl/N-ethyl adjacent to an activating group) is 1. The van der Waals surface area contributed by atoms with Crippen molar-refractivity contribution in [1.82, 2.24) is 15.1 Å². The summed E-state index contributed by atoms with van der Waals surface area (Å²) in [5.41, 5.74) is 0. The summed E-state index contributed by atoms with van der Waals surface area (Å²) < 4.78 is 0. The van der Waals surface area contributed by atoms with Gasteiger partial charge in [0, 0.05) is 32.2 Å². The van der Waals surface area contributed by atoms with Gasteiger partial charge >= 0.3 is 0 Å². The molecule has 0 saturated carbocycles. The molecular formula is C10H23N3. The summed E-state index contributed by atoms with van der Waals surface area (Å²) in [6.45, 7) is 8.25. The number of hydrogen-bond acceptors (Lipinski definition) is 3. The maximum atomic E-state index is 3.56. The SMILES string of the molecule is CCCN1CCNC(CN(C)C)C1. The molecule has 1 heterocycles. The third-order valence-electron chi connectivity index (χ3n) is 2.46. The van der Waals surface area contributed by atoms with E-state index in [1.54, 1.807) is 0 Å². The van der Waals surface area contributed by atoms with Crippen molar-refractivity contribution in [1.29, 1.82) is 0 Å². The lowest BCUT2D eigenvalue weighted by molar-refractivity contribution is 0.178. The van der Waals surface area contributed by atoms with Crippen LogP contribution in [-0.2, 0) is 0 Å². The monoisotopic (exact) mass is 185 g/mol. The topological polar surface area (TPSA) is 18.5 Å². The van der Waals surface area contributed by atoms with Crippen LogP contribution in [0.25, 0.3) is 0 Å². The van der Waals surface area contributed by atoms with Crippen LogP contribution in [-0.4, -0.2) is 62.7 Å². The maximum Gasteiger partial charge on any atom is 0.0322 e. The molecule has 0 amide bonds. The van der Waals surface area contributed by atoms with Crippen LogP contribution in [0.5, 0.6) is 0 Å². The molecule has 1 aliphatic rings. The van der Waals surface area contributed by atoms with Gasteiger partial charge in [0.1, 0.15) is 0 Å². The van der Waals surface area contributed by atoms with Gasteiger partial charge in [-0.2, -0.15) is 0 Å². The predicted octanol–water partition coefficient (Wildman–Crippen LogP) is 0.232. The Morgan fingerprint density at radius 3 is 2.85 bits per heavy atom. The lowest BCUT2D eigenvalue weighted by Crippen LogP contribution is -2.54. The van der Waals surface area contributed by atoms with E-state index in [-0.39, 0.29) is 0 Å². The zero-order valence-electron chi connectivity index (χ0n) is 9.21. The van der Waals surface area contributed by atoms with E-state index in [2.05, 4.69) is 36.1 Å². The molecule has 3 heteroatoms. The Morgan fingerprint density at radius 2 is 2.23 bits per heavy atom. The van der Waals surface area contributed by atoms with E-state index in [0.29, 0.717) is 6.04 Å². The van der Waals surface area contributed by atoms with Gasteiger partial charge in [-0.25, -0.2) is 0 Å². The first kappa shape index (κ1) is 11.0. The van der Waals surface area contributed by atoms with Crippen LogP contribution in [0.2, 0.25) is 0 Å². The van der Waals surface area contributed by atoms with Gasteiger partial charge in [-0.3, -0.25) is 0 Å². The molecule has 1 saturated heterocycles. The fraction of sp³-hybridized carbons (Fsp3) is 1.00. The van der Waals surface area contributed by atoms with Crippen molar-refractivity contribution in [2.75, 3.05) is 46.8 Å². The summed E-state index contributed by atoms with van der Waals surface area (Å²) in [5.74, 6) is 0. The molecule has 78 valence electrons. The van der Waals surface area contributed by atoms with Crippen molar-refractivity contribution < 1.29 is 0 Å². The molecule has 3 nitrogen and oxygen atoms in total. The Balaban J connectivity index is 2.24. The summed E-state index contributed by atoms with van der Waals surface area (Å²) in [4.78, 5) is 4.82. The minimum absolute atomic E-state index is 0.662. The van der Waals surface area contributed by atoms with Gasteiger partial charge in [0.05, 0.1) is 0 Å². The highest BCUT2D eigenvalue weighted by Crippen LogP contribution is 2.00. The van der Waals surface area contributed by atoms with Crippen LogP contribution in [0, 0.1) is 0 Å². The standard InChI is InChI=1S/C10H23N3/c1-4-6-13-7-5-11-10(9-13)8-12(2)3/h10-11H,4-9H2,1-3H3. The summed E-state index contributed by atoms with van der Waals surface area (Å²) in [6.07, 6.45) is 1.27. The van der Waals surface area contributed by atoms with Crippen LogP contribution in [0.3, 0.4) is 0 Å². The largest absolute Gasteiger partial charge is 0.310 e. The van der Waals surface area contributed by atoms with E-state index >= 15 is 0 Å². The molecule has 0 aromatic carbocycles. The van der Waals surface area contributed by atoms with Crippen LogP contribution in [0.15, 0.2) is 0 Å². The normalized spacial score (nSPS) is 25.4. The molecule has 0 aromatic rings. The highest BCUT2D eigenvalue weighted by atomic mass is 15.2. The third kappa shape index (κ3) is 4.07. The average molecular weight is 185 g/mol. The molecule has 0 radical (unpaired) electrons.